The summed E-state index contributed by atoms with van der Waals surface area (Å²) in [5.74, 6) is -0.600. The number of amides is 3. The molecule has 2 aromatic carbocycles. The summed E-state index contributed by atoms with van der Waals surface area (Å²) in [5.41, 5.74) is 1.81. The Kier molecular flexibility index (Phi) is 7.91. The van der Waals surface area contributed by atoms with Gasteiger partial charge in [0.1, 0.15) is 24.7 Å². The van der Waals surface area contributed by atoms with Crippen LogP contribution in [0.1, 0.15) is 44.8 Å². The molecule has 3 amide bonds. The predicted molar refractivity (Wildman–Crippen MR) is 125 cm³/mol. The maximum Gasteiger partial charge on any atom is 0.251 e. The van der Waals surface area contributed by atoms with Crippen LogP contribution >= 0.6 is 0 Å². The molecule has 0 aliphatic heterocycles. The van der Waals surface area contributed by atoms with Gasteiger partial charge in [0.15, 0.2) is 0 Å². The maximum atomic E-state index is 13.0. The van der Waals surface area contributed by atoms with Gasteiger partial charge in [0.25, 0.3) is 5.91 Å². The fourth-order valence-electron chi connectivity index (χ4n) is 3.17. The summed E-state index contributed by atoms with van der Waals surface area (Å²) in [6.45, 7) is 5.62. The summed E-state index contributed by atoms with van der Waals surface area (Å²) < 4.78 is 1.46. The molecule has 3 rings (SSSR count). The van der Waals surface area contributed by atoms with Crippen LogP contribution in [0.3, 0.4) is 0 Å². The molecular weight excluding hydrogens is 420 g/mol. The van der Waals surface area contributed by atoms with Crippen LogP contribution in [0.2, 0.25) is 0 Å². The summed E-state index contributed by atoms with van der Waals surface area (Å²) in [6.07, 6.45) is 3.18. The molecule has 1 aromatic heterocycles. The Morgan fingerprint density at radius 3 is 2.03 bits per heavy atom. The highest BCUT2D eigenvalue weighted by molar-refractivity contribution is 5.98. The average Bonchev–Trinajstić information content (AvgIpc) is 3.33. The van der Waals surface area contributed by atoms with Crippen LogP contribution in [0.5, 0.6) is 0 Å². The lowest BCUT2D eigenvalue weighted by Gasteiger charge is -2.20. The second-order valence-electron chi connectivity index (χ2n) is 8.12. The molecule has 0 radical (unpaired) electrons. The molecule has 33 heavy (non-hydrogen) atoms. The van der Waals surface area contributed by atoms with Crippen LogP contribution in [0, 0.1) is 5.92 Å². The molecule has 0 saturated carbocycles. The van der Waals surface area contributed by atoms with E-state index in [2.05, 4.69) is 26.0 Å². The zero-order chi connectivity index (χ0) is 23.8. The quantitative estimate of drug-likeness (QED) is 0.464. The van der Waals surface area contributed by atoms with E-state index < -0.39 is 12.1 Å². The van der Waals surface area contributed by atoms with Crippen molar-refractivity contribution in [2.24, 2.45) is 5.92 Å². The van der Waals surface area contributed by atoms with Crippen molar-refractivity contribution in [3.63, 3.8) is 0 Å². The molecule has 0 bridgehead atoms. The van der Waals surface area contributed by atoms with Crippen LogP contribution in [0.15, 0.2) is 67.3 Å². The summed E-state index contributed by atoms with van der Waals surface area (Å²) >= 11 is 0. The zero-order valence-corrected chi connectivity index (χ0v) is 18.9. The molecule has 1 heterocycles. The third kappa shape index (κ3) is 6.73. The number of nitrogens with zero attached hydrogens (tertiary/aromatic N) is 3. The molecule has 3 N–H and O–H groups in total. The van der Waals surface area contributed by atoms with Crippen molar-refractivity contribution in [2.45, 2.75) is 39.3 Å². The Morgan fingerprint density at radius 2 is 1.48 bits per heavy atom. The van der Waals surface area contributed by atoms with Crippen LogP contribution in [-0.4, -0.2) is 32.5 Å². The van der Waals surface area contributed by atoms with Crippen molar-refractivity contribution >= 4 is 29.1 Å². The number of anilines is 2. The maximum absolute atomic E-state index is 13.0. The lowest BCUT2D eigenvalue weighted by molar-refractivity contribution is -0.127. The highest BCUT2D eigenvalue weighted by Gasteiger charge is 2.23. The summed E-state index contributed by atoms with van der Waals surface area (Å²) in [6, 6.07) is 14.5. The van der Waals surface area contributed by atoms with Gasteiger partial charge in [0, 0.05) is 17.8 Å². The Labute approximate surface area is 192 Å². The molecule has 9 heteroatoms. The van der Waals surface area contributed by atoms with E-state index in [-0.39, 0.29) is 23.6 Å². The summed E-state index contributed by atoms with van der Waals surface area (Å²) in [4.78, 5) is 41.6. The smallest absolute Gasteiger partial charge is 0.251 e. The van der Waals surface area contributed by atoms with Gasteiger partial charge in [-0.3, -0.25) is 14.4 Å². The number of nitrogens with one attached hydrogen (secondary N) is 3. The van der Waals surface area contributed by atoms with Gasteiger partial charge in [0.2, 0.25) is 11.8 Å². The lowest BCUT2D eigenvalue weighted by atomic mass is 10.0. The molecular formula is C24H28N6O3. The van der Waals surface area contributed by atoms with Crippen LogP contribution in [-0.2, 0) is 14.4 Å². The number of rotatable bonds is 9. The predicted octanol–water partition coefficient (Wildman–Crippen LogP) is 3.32. The highest BCUT2D eigenvalue weighted by Crippen LogP contribution is 2.19. The topological polar surface area (TPSA) is 118 Å². The molecule has 0 fully saturated rings. The van der Waals surface area contributed by atoms with E-state index in [1.54, 1.807) is 43.3 Å². The van der Waals surface area contributed by atoms with E-state index >= 15 is 0 Å². The number of aromatic nitrogens is 3. The van der Waals surface area contributed by atoms with Gasteiger partial charge in [-0.15, -0.1) is 0 Å². The Bertz CT molecular complexity index is 1070. The van der Waals surface area contributed by atoms with Gasteiger partial charge in [-0.1, -0.05) is 44.2 Å². The normalized spacial score (nSPS) is 12.6. The van der Waals surface area contributed by atoms with E-state index in [0.717, 1.165) is 0 Å². The van der Waals surface area contributed by atoms with Crippen molar-refractivity contribution < 1.29 is 14.4 Å². The van der Waals surface area contributed by atoms with E-state index in [9.17, 15) is 14.4 Å². The number of hydrogen-bond acceptors (Lipinski definition) is 5. The molecule has 0 aliphatic carbocycles. The monoisotopic (exact) mass is 448 g/mol. The zero-order valence-electron chi connectivity index (χ0n) is 18.9. The summed E-state index contributed by atoms with van der Waals surface area (Å²) in [5, 5.41) is 12.4. The molecule has 172 valence electrons. The number of hydrogen-bond donors (Lipinski definition) is 3. The fourth-order valence-corrected chi connectivity index (χ4v) is 3.17. The van der Waals surface area contributed by atoms with E-state index in [0.29, 0.717) is 23.4 Å². The third-order valence-electron chi connectivity index (χ3n) is 4.93. The van der Waals surface area contributed by atoms with Crippen LogP contribution in [0.4, 0.5) is 11.4 Å². The fraction of sp³-hybridized carbons (Fsp3) is 0.292. The highest BCUT2D eigenvalue weighted by atomic mass is 16.2. The first-order chi connectivity index (χ1) is 15.8. The first kappa shape index (κ1) is 23.6. The van der Waals surface area contributed by atoms with Crippen molar-refractivity contribution in [1.82, 2.24) is 20.1 Å². The van der Waals surface area contributed by atoms with E-state index in [1.165, 1.54) is 17.3 Å². The van der Waals surface area contributed by atoms with Gasteiger partial charge in [-0.2, -0.15) is 5.10 Å². The third-order valence-corrected chi connectivity index (χ3v) is 4.93. The van der Waals surface area contributed by atoms with Gasteiger partial charge in [-0.25, -0.2) is 9.67 Å². The largest absolute Gasteiger partial charge is 0.341 e. The molecule has 3 aromatic rings. The van der Waals surface area contributed by atoms with Crippen molar-refractivity contribution in [3.05, 3.63) is 72.8 Å². The minimum atomic E-state index is -0.819. The minimum Gasteiger partial charge on any atom is -0.341 e. The Morgan fingerprint density at radius 1 is 0.879 bits per heavy atom. The Balaban J connectivity index is 1.65. The minimum absolute atomic E-state index is 0.180. The number of carbonyl (C=O) groups excluding carboxylic acids is 3. The molecule has 0 saturated heterocycles. The standard InChI is InChI=1S/C24H28N6O3/c1-16(2)13-21(31)29-22(18-7-5-4-6-8-18)24(33)28-20-11-9-19(10-12-20)27-23(32)17(3)30-15-25-14-26-30/h4-12,14-17,22H,13H2,1-3H3,(H,27,32)(H,28,33)(H,29,31). The molecule has 2 atom stereocenters. The van der Waals surface area contributed by atoms with Crippen molar-refractivity contribution in [1.29, 1.82) is 0 Å². The number of benzene rings is 2. The lowest BCUT2D eigenvalue weighted by Crippen LogP contribution is -2.37. The SMILES string of the molecule is CC(C)CC(=O)NC(C(=O)Nc1ccc(NC(=O)C(C)n2cncn2)cc1)c1ccccc1. The van der Waals surface area contributed by atoms with E-state index in [1.807, 2.05) is 32.0 Å². The molecule has 0 spiro atoms. The van der Waals surface area contributed by atoms with Crippen molar-refractivity contribution in [2.75, 3.05) is 10.6 Å². The second kappa shape index (κ2) is 11.0. The first-order valence-corrected chi connectivity index (χ1v) is 10.7. The summed E-state index contributed by atoms with van der Waals surface area (Å²) in [7, 11) is 0. The van der Waals surface area contributed by atoms with Crippen LogP contribution in [0.25, 0.3) is 0 Å². The first-order valence-electron chi connectivity index (χ1n) is 10.7. The number of carbonyl (C=O) groups is 3. The second-order valence-corrected chi connectivity index (χ2v) is 8.12. The van der Waals surface area contributed by atoms with Gasteiger partial charge in [0.05, 0.1) is 0 Å². The average molecular weight is 449 g/mol. The van der Waals surface area contributed by atoms with Crippen molar-refractivity contribution in [3.8, 4) is 0 Å². The molecule has 0 aliphatic rings. The van der Waals surface area contributed by atoms with Crippen LogP contribution < -0.4 is 16.0 Å². The Hall–Kier alpha value is -4.01. The molecule has 9 nitrogen and oxygen atoms in total. The van der Waals surface area contributed by atoms with E-state index in [4.69, 9.17) is 0 Å². The van der Waals surface area contributed by atoms with Gasteiger partial charge >= 0.3 is 0 Å². The molecule has 2 unspecified atom stereocenters. The van der Waals surface area contributed by atoms with Gasteiger partial charge < -0.3 is 16.0 Å². The van der Waals surface area contributed by atoms with Gasteiger partial charge in [-0.05, 0) is 42.7 Å².